The fourth-order valence-electron chi connectivity index (χ4n) is 3.08. The summed E-state index contributed by atoms with van der Waals surface area (Å²) in [4.78, 5) is 23.2. The van der Waals surface area contributed by atoms with E-state index in [2.05, 4.69) is 23.6 Å². The van der Waals surface area contributed by atoms with Crippen molar-refractivity contribution < 1.29 is 34.0 Å². The topological polar surface area (TPSA) is 109 Å². The van der Waals surface area contributed by atoms with Crippen LogP contribution in [0.4, 0.5) is 0 Å². The van der Waals surface area contributed by atoms with Crippen molar-refractivity contribution in [2.75, 3.05) is 47.5 Å². The van der Waals surface area contributed by atoms with E-state index in [9.17, 15) is 0 Å². The predicted molar refractivity (Wildman–Crippen MR) is 108 cm³/mol. The molecule has 0 amide bonds. The monoisotopic (exact) mass is 412 g/mol. The molecule has 29 heavy (non-hydrogen) atoms. The van der Waals surface area contributed by atoms with Gasteiger partial charge in [-0.1, -0.05) is 6.92 Å². The first-order chi connectivity index (χ1) is 13.8. The van der Waals surface area contributed by atoms with Gasteiger partial charge >= 0.3 is 11.9 Å². The van der Waals surface area contributed by atoms with Gasteiger partial charge in [-0.25, -0.2) is 9.59 Å². The van der Waals surface area contributed by atoms with E-state index in [1.54, 1.807) is 21.3 Å². The summed E-state index contributed by atoms with van der Waals surface area (Å²) in [5.41, 5.74) is 1.14. The number of nitrogens with zero attached hydrogens (tertiary/aromatic N) is 2. The van der Waals surface area contributed by atoms with Crippen LogP contribution in [0.15, 0.2) is 12.1 Å². The van der Waals surface area contributed by atoms with Gasteiger partial charge in [0, 0.05) is 50.4 Å². The second-order valence-corrected chi connectivity index (χ2v) is 6.70. The molecule has 1 aromatic rings. The van der Waals surface area contributed by atoms with Crippen LogP contribution in [0.3, 0.4) is 0 Å². The Morgan fingerprint density at radius 2 is 1.41 bits per heavy atom. The molecule has 1 saturated heterocycles. The third-order valence-corrected chi connectivity index (χ3v) is 4.98. The average Bonchev–Trinajstić information content (AvgIpc) is 2.73. The van der Waals surface area contributed by atoms with Gasteiger partial charge in [0.05, 0.1) is 21.3 Å². The van der Waals surface area contributed by atoms with Crippen LogP contribution in [0.1, 0.15) is 25.8 Å². The third-order valence-electron chi connectivity index (χ3n) is 4.98. The van der Waals surface area contributed by atoms with Gasteiger partial charge in [-0.05, 0) is 19.4 Å². The molecule has 0 aliphatic carbocycles. The zero-order chi connectivity index (χ0) is 22.0. The fourth-order valence-corrected chi connectivity index (χ4v) is 3.08. The molecule has 1 aromatic carbocycles. The van der Waals surface area contributed by atoms with Crippen LogP contribution in [-0.4, -0.2) is 85.5 Å². The Hall–Kier alpha value is -2.52. The van der Waals surface area contributed by atoms with E-state index in [-0.39, 0.29) is 0 Å². The molecule has 0 aromatic heterocycles. The molecular weight excluding hydrogens is 380 g/mol. The number of ether oxygens (including phenoxy) is 3. The van der Waals surface area contributed by atoms with Crippen LogP contribution >= 0.6 is 0 Å². The minimum Gasteiger partial charge on any atom is -0.496 e. The zero-order valence-corrected chi connectivity index (χ0v) is 17.8. The summed E-state index contributed by atoms with van der Waals surface area (Å²) in [7, 11) is 5.01. The molecule has 1 unspecified atom stereocenters. The summed E-state index contributed by atoms with van der Waals surface area (Å²) in [6.45, 7) is 9.87. The highest BCUT2D eigenvalue weighted by atomic mass is 16.5. The first-order valence-corrected chi connectivity index (χ1v) is 9.48. The van der Waals surface area contributed by atoms with Gasteiger partial charge in [-0.2, -0.15) is 0 Å². The van der Waals surface area contributed by atoms with Crippen molar-refractivity contribution in [3.8, 4) is 17.2 Å². The Balaban J connectivity index is 0.000000612. The lowest BCUT2D eigenvalue weighted by Crippen LogP contribution is -2.49. The number of hydrogen-bond donors (Lipinski definition) is 2. The lowest BCUT2D eigenvalue weighted by molar-refractivity contribution is -0.159. The average molecular weight is 412 g/mol. The third kappa shape index (κ3) is 7.43. The minimum absolute atomic E-state index is 0.674. The second kappa shape index (κ2) is 12.1. The van der Waals surface area contributed by atoms with Crippen molar-refractivity contribution in [1.29, 1.82) is 0 Å². The number of aliphatic carboxylic acids is 2. The molecule has 1 fully saturated rings. The van der Waals surface area contributed by atoms with E-state index >= 15 is 0 Å². The molecule has 164 valence electrons. The molecule has 0 spiro atoms. The van der Waals surface area contributed by atoms with Crippen LogP contribution in [0.25, 0.3) is 0 Å². The number of carboxylic acids is 2. The largest absolute Gasteiger partial charge is 0.496 e. The van der Waals surface area contributed by atoms with Crippen molar-refractivity contribution in [1.82, 2.24) is 9.80 Å². The molecule has 2 rings (SSSR count). The Kier molecular flexibility index (Phi) is 10.3. The summed E-state index contributed by atoms with van der Waals surface area (Å²) in [5, 5.41) is 14.8. The van der Waals surface area contributed by atoms with Crippen molar-refractivity contribution in [3.05, 3.63) is 17.7 Å². The van der Waals surface area contributed by atoms with Crippen molar-refractivity contribution in [3.63, 3.8) is 0 Å². The molecule has 0 saturated carbocycles. The van der Waals surface area contributed by atoms with E-state index in [1.165, 1.54) is 6.42 Å². The van der Waals surface area contributed by atoms with E-state index in [0.717, 1.165) is 49.8 Å². The number of carboxylic acid groups (broad SMARTS) is 2. The maximum Gasteiger partial charge on any atom is 0.414 e. The summed E-state index contributed by atoms with van der Waals surface area (Å²) in [6, 6.07) is 4.61. The summed E-state index contributed by atoms with van der Waals surface area (Å²) < 4.78 is 16.3. The molecular formula is C20H32N2O7. The fraction of sp³-hybridized carbons (Fsp3) is 0.600. The van der Waals surface area contributed by atoms with Gasteiger partial charge in [-0.15, -0.1) is 0 Å². The van der Waals surface area contributed by atoms with Crippen molar-refractivity contribution in [2.24, 2.45) is 0 Å². The Morgan fingerprint density at radius 3 is 1.83 bits per heavy atom. The molecule has 9 nitrogen and oxygen atoms in total. The zero-order valence-electron chi connectivity index (χ0n) is 17.8. The SMILES string of the molecule is CCC(C)N1CCN(Cc2cc(OC)c(OC)cc2OC)CC1.O=C(O)C(=O)O. The number of methoxy groups -OCH3 is 3. The number of piperazine rings is 1. The summed E-state index contributed by atoms with van der Waals surface area (Å²) in [5.74, 6) is -1.34. The molecule has 1 aliphatic rings. The lowest BCUT2D eigenvalue weighted by Gasteiger charge is -2.38. The van der Waals surface area contributed by atoms with E-state index in [4.69, 9.17) is 34.0 Å². The van der Waals surface area contributed by atoms with E-state index in [0.29, 0.717) is 11.8 Å². The highest BCUT2D eigenvalue weighted by Gasteiger charge is 2.21. The van der Waals surface area contributed by atoms with Gasteiger partial charge in [0.1, 0.15) is 5.75 Å². The van der Waals surface area contributed by atoms with Crippen LogP contribution in [0.2, 0.25) is 0 Å². The molecule has 1 aliphatic heterocycles. The standard InChI is InChI=1S/C18H30N2O3.C2H2O4/c1-6-14(2)20-9-7-19(8-10-20)13-15-11-17(22-4)18(23-5)12-16(15)21-3;3-1(4)2(5)6/h11-12,14H,6-10,13H2,1-5H3;(H,3,4)(H,5,6). The lowest BCUT2D eigenvalue weighted by atomic mass is 10.1. The number of hydrogen-bond acceptors (Lipinski definition) is 7. The molecule has 0 radical (unpaired) electrons. The maximum absolute atomic E-state index is 9.10. The molecule has 2 N–H and O–H groups in total. The minimum atomic E-state index is -1.82. The predicted octanol–water partition coefficient (Wildman–Crippen LogP) is 1.78. The Labute approximate surface area is 171 Å². The van der Waals surface area contributed by atoms with Gasteiger partial charge < -0.3 is 24.4 Å². The highest BCUT2D eigenvalue weighted by molar-refractivity contribution is 6.27. The molecule has 0 bridgehead atoms. The van der Waals surface area contributed by atoms with Crippen LogP contribution in [0, 0.1) is 0 Å². The first kappa shape index (κ1) is 24.5. The highest BCUT2D eigenvalue weighted by Crippen LogP contribution is 2.35. The van der Waals surface area contributed by atoms with E-state index in [1.807, 2.05) is 12.1 Å². The quantitative estimate of drug-likeness (QED) is 0.648. The van der Waals surface area contributed by atoms with Crippen LogP contribution in [0.5, 0.6) is 17.2 Å². The van der Waals surface area contributed by atoms with Crippen molar-refractivity contribution >= 4 is 11.9 Å². The van der Waals surface area contributed by atoms with Crippen LogP contribution < -0.4 is 14.2 Å². The number of carbonyl (C=O) groups is 2. The Bertz CT molecular complexity index is 661. The number of benzene rings is 1. The normalized spacial score (nSPS) is 15.6. The smallest absolute Gasteiger partial charge is 0.414 e. The van der Waals surface area contributed by atoms with E-state index < -0.39 is 11.9 Å². The summed E-state index contributed by atoms with van der Waals surface area (Å²) >= 11 is 0. The van der Waals surface area contributed by atoms with Crippen molar-refractivity contribution in [2.45, 2.75) is 32.9 Å². The molecule has 1 heterocycles. The summed E-state index contributed by atoms with van der Waals surface area (Å²) in [6.07, 6.45) is 1.21. The first-order valence-electron chi connectivity index (χ1n) is 9.48. The van der Waals surface area contributed by atoms with Gasteiger partial charge in [0.2, 0.25) is 0 Å². The van der Waals surface area contributed by atoms with Gasteiger partial charge in [0.25, 0.3) is 0 Å². The number of rotatable bonds is 7. The Morgan fingerprint density at radius 1 is 0.931 bits per heavy atom. The molecule has 9 heteroatoms. The second-order valence-electron chi connectivity index (χ2n) is 6.70. The van der Waals surface area contributed by atoms with Gasteiger partial charge in [0.15, 0.2) is 11.5 Å². The molecule has 1 atom stereocenters. The van der Waals surface area contributed by atoms with Crippen LogP contribution in [-0.2, 0) is 16.1 Å². The van der Waals surface area contributed by atoms with Gasteiger partial charge in [-0.3, -0.25) is 9.80 Å². The maximum atomic E-state index is 9.10.